The lowest BCUT2D eigenvalue weighted by Gasteiger charge is -2.11. The number of hydrogen-bond donors (Lipinski definition) is 2. The Kier molecular flexibility index (Phi) is 4.64. The molecule has 0 amide bonds. The van der Waals surface area contributed by atoms with E-state index < -0.39 is 10.0 Å². The number of rotatable bonds is 6. The van der Waals surface area contributed by atoms with Crippen LogP contribution in [-0.2, 0) is 23.6 Å². The van der Waals surface area contributed by atoms with Crippen LogP contribution >= 0.6 is 0 Å². The topological polar surface area (TPSA) is 76.0 Å². The highest BCUT2D eigenvalue weighted by Gasteiger charge is 2.17. The van der Waals surface area contributed by atoms with Gasteiger partial charge in [0.25, 0.3) is 10.0 Å². The van der Waals surface area contributed by atoms with Gasteiger partial charge in [-0.1, -0.05) is 26.0 Å². The minimum atomic E-state index is -3.62. The Morgan fingerprint density at radius 2 is 2.05 bits per heavy atom. The van der Waals surface area contributed by atoms with E-state index >= 15 is 0 Å². The minimum absolute atomic E-state index is 0.133. The molecule has 1 aromatic carbocycles. The van der Waals surface area contributed by atoms with E-state index in [1.807, 2.05) is 18.2 Å². The van der Waals surface area contributed by atoms with Gasteiger partial charge < -0.3 is 5.32 Å². The van der Waals surface area contributed by atoms with Gasteiger partial charge in [0.15, 0.2) is 5.03 Å². The van der Waals surface area contributed by atoms with E-state index in [0.29, 0.717) is 18.3 Å². The van der Waals surface area contributed by atoms with Gasteiger partial charge in [-0.25, -0.2) is 0 Å². The molecule has 0 saturated carbocycles. The maximum Gasteiger partial charge on any atom is 0.279 e. The summed E-state index contributed by atoms with van der Waals surface area (Å²) in [5.74, 6) is 0. The first-order valence-corrected chi connectivity index (χ1v) is 8.20. The molecule has 0 aliphatic heterocycles. The molecule has 0 atom stereocenters. The van der Waals surface area contributed by atoms with Crippen LogP contribution in [0.3, 0.4) is 0 Å². The second kappa shape index (κ2) is 6.28. The predicted molar refractivity (Wildman–Crippen MR) is 82.4 cm³/mol. The summed E-state index contributed by atoms with van der Waals surface area (Å²) >= 11 is 0. The number of benzene rings is 1. The summed E-state index contributed by atoms with van der Waals surface area (Å²) in [6.45, 7) is 4.82. The second-order valence-electron chi connectivity index (χ2n) is 5.13. The largest absolute Gasteiger partial charge is 0.310 e. The fourth-order valence-electron chi connectivity index (χ4n) is 1.90. The summed E-state index contributed by atoms with van der Waals surface area (Å²) in [5.41, 5.74) is 1.56. The molecular weight excluding hydrogens is 288 g/mol. The zero-order chi connectivity index (χ0) is 15.5. The molecule has 2 aromatic rings. The molecule has 0 unspecified atom stereocenters. The average Bonchev–Trinajstić information content (AvgIpc) is 2.83. The van der Waals surface area contributed by atoms with Crippen LogP contribution < -0.4 is 10.0 Å². The highest BCUT2D eigenvalue weighted by molar-refractivity contribution is 7.92. The summed E-state index contributed by atoms with van der Waals surface area (Å²) in [6.07, 6.45) is 1.46. The zero-order valence-corrected chi connectivity index (χ0v) is 13.2. The van der Waals surface area contributed by atoms with Gasteiger partial charge in [0.05, 0.1) is 6.20 Å². The Labute approximate surface area is 125 Å². The molecule has 0 spiro atoms. The number of aryl methyl sites for hydroxylation is 1. The van der Waals surface area contributed by atoms with Crippen molar-refractivity contribution in [2.24, 2.45) is 7.05 Å². The van der Waals surface area contributed by atoms with Gasteiger partial charge in [-0.15, -0.1) is 0 Å². The van der Waals surface area contributed by atoms with E-state index in [1.54, 1.807) is 13.1 Å². The molecule has 0 aliphatic carbocycles. The van der Waals surface area contributed by atoms with Crippen molar-refractivity contribution in [3.05, 3.63) is 42.1 Å². The van der Waals surface area contributed by atoms with E-state index in [9.17, 15) is 8.42 Å². The van der Waals surface area contributed by atoms with Gasteiger partial charge in [-0.2, -0.15) is 13.5 Å². The number of anilines is 1. The molecule has 1 heterocycles. The molecule has 0 aliphatic rings. The third-order valence-corrected chi connectivity index (χ3v) is 4.40. The van der Waals surface area contributed by atoms with E-state index in [4.69, 9.17) is 0 Å². The quantitative estimate of drug-likeness (QED) is 0.852. The van der Waals surface area contributed by atoms with Crippen molar-refractivity contribution < 1.29 is 8.42 Å². The Morgan fingerprint density at radius 3 is 2.67 bits per heavy atom. The third-order valence-electron chi connectivity index (χ3n) is 2.94. The number of hydrogen-bond acceptors (Lipinski definition) is 4. The minimum Gasteiger partial charge on any atom is -0.310 e. The fourth-order valence-corrected chi connectivity index (χ4v) is 3.08. The average molecular weight is 308 g/mol. The third kappa shape index (κ3) is 4.05. The zero-order valence-electron chi connectivity index (χ0n) is 12.4. The second-order valence-corrected chi connectivity index (χ2v) is 6.76. The Morgan fingerprint density at radius 1 is 1.29 bits per heavy atom. The van der Waals surface area contributed by atoms with Crippen molar-refractivity contribution in [2.45, 2.75) is 31.5 Å². The summed E-state index contributed by atoms with van der Waals surface area (Å²) in [4.78, 5) is 0. The summed E-state index contributed by atoms with van der Waals surface area (Å²) in [6, 6.07) is 9.18. The van der Waals surface area contributed by atoms with Gasteiger partial charge in [-0.05, 0) is 23.8 Å². The van der Waals surface area contributed by atoms with E-state index in [1.165, 1.54) is 16.9 Å². The fraction of sp³-hybridized carbons (Fsp3) is 0.357. The van der Waals surface area contributed by atoms with Crippen molar-refractivity contribution in [2.75, 3.05) is 4.72 Å². The van der Waals surface area contributed by atoms with Crippen LogP contribution in [-0.4, -0.2) is 24.2 Å². The first-order chi connectivity index (χ1) is 9.88. The lowest BCUT2D eigenvalue weighted by Crippen LogP contribution is -2.22. The molecule has 21 heavy (non-hydrogen) atoms. The number of aromatic nitrogens is 2. The molecule has 0 fully saturated rings. The van der Waals surface area contributed by atoms with Crippen molar-refractivity contribution >= 4 is 15.7 Å². The molecule has 0 radical (unpaired) electrons. The van der Waals surface area contributed by atoms with Crippen LogP contribution in [0.4, 0.5) is 5.69 Å². The maximum absolute atomic E-state index is 12.3. The lowest BCUT2D eigenvalue weighted by molar-refractivity contribution is 0.581. The summed E-state index contributed by atoms with van der Waals surface area (Å²) < 4.78 is 28.4. The van der Waals surface area contributed by atoms with Crippen LogP contribution in [0.25, 0.3) is 0 Å². The molecule has 6 nitrogen and oxygen atoms in total. The lowest BCUT2D eigenvalue weighted by atomic mass is 10.2. The van der Waals surface area contributed by atoms with Gasteiger partial charge in [0.1, 0.15) is 0 Å². The van der Waals surface area contributed by atoms with E-state index in [-0.39, 0.29) is 5.03 Å². The monoisotopic (exact) mass is 308 g/mol. The highest BCUT2D eigenvalue weighted by Crippen LogP contribution is 2.16. The molecule has 0 saturated heterocycles. The predicted octanol–water partition coefficient (Wildman–Crippen LogP) is 1.72. The number of sulfonamides is 1. The Bertz CT molecular complexity index is 707. The number of nitrogens with one attached hydrogen (secondary N) is 2. The molecule has 7 heteroatoms. The molecular formula is C14H20N4O2S. The summed E-state index contributed by atoms with van der Waals surface area (Å²) in [5, 5.41) is 7.31. The highest BCUT2D eigenvalue weighted by atomic mass is 32.2. The molecule has 0 bridgehead atoms. The molecule has 2 rings (SSSR count). The van der Waals surface area contributed by atoms with Crippen molar-refractivity contribution in [3.8, 4) is 0 Å². The Hall–Kier alpha value is -1.86. The van der Waals surface area contributed by atoms with Crippen molar-refractivity contribution in [3.63, 3.8) is 0 Å². The van der Waals surface area contributed by atoms with Gasteiger partial charge in [0, 0.05) is 25.3 Å². The van der Waals surface area contributed by atoms with Gasteiger partial charge in [0.2, 0.25) is 0 Å². The smallest absolute Gasteiger partial charge is 0.279 e. The Balaban J connectivity index is 2.16. The first-order valence-electron chi connectivity index (χ1n) is 6.71. The van der Waals surface area contributed by atoms with Crippen LogP contribution in [0.1, 0.15) is 19.4 Å². The van der Waals surface area contributed by atoms with Gasteiger partial charge >= 0.3 is 0 Å². The summed E-state index contributed by atoms with van der Waals surface area (Å²) in [7, 11) is -2.02. The van der Waals surface area contributed by atoms with Gasteiger partial charge in [-0.3, -0.25) is 9.40 Å². The van der Waals surface area contributed by atoms with Crippen LogP contribution in [0.5, 0.6) is 0 Å². The SMILES string of the molecule is CC(C)NCc1cccc(NS(=O)(=O)c2ccnn2C)c1. The molecule has 114 valence electrons. The van der Waals surface area contributed by atoms with E-state index in [2.05, 4.69) is 29.0 Å². The number of nitrogens with zero attached hydrogens (tertiary/aromatic N) is 2. The maximum atomic E-state index is 12.3. The first kappa shape index (κ1) is 15.5. The molecule has 1 aromatic heterocycles. The van der Waals surface area contributed by atoms with Crippen LogP contribution in [0.2, 0.25) is 0 Å². The normalized spacial score (nSPS) is 11.8. The molecule has 2 N–H and O–H groups in total. The van der Waals surface area contributed by atoms with Crippen molar-refractivity contribution in [1.82, 2.24) is 15.1 Å². The van der Waals surface area contributed by atoms with Crippen molar-refractivity contribution in [1.29, 1.82) is 0 Å². The van der Waals surface area contributed by atoms with Crippen LogP contribution in [0, 0.1) is 0 Å². The standard InChI is InChI=1S/C14H20N4O2S/c1-11(2)15-10-12-5-4-6-13(9-12)17-21(19,20)14-7-8-16-18(14)3/h4-9,11,15,17H,10H2,1-3H3. The van der Waals surface area contributed by atoms with E-state index in [0.717, 1.165) is 5.56 Å². The van der Waals surface area contributed by atoms with Crippen LogP contribution in [0.15, 0.2) is 41.6 Å².